The molecule has 0 saturated carbocycles. The second kappa shape index (κ2) is 6.28. The van der Waals surface area contributed by atoms with Crippen LogP contribution in [-0.4, -0.2) is 19.0 Å². The van der Waals surface area contributed by atoms with Crippen LogP contribution in [0.3, 0.4) is 0 Å². The summed E-state index contributed by atoms with van der Waals surface area (Å²) in [5.41, 5.74) is 1.18. The molecule has 3 heteroatoms. The highest BCUT2D eigenvalue weighted by Crippen LogP contribution is 2.29. The molecular formula is C14H20O3. The van der Waals surface area contributed by atoms with E-state index in [1.807, 2.05) is 25.1 Å². The first-order chi connectivity index (χ1) is 8.12. The summed E-state index contributed by atoms with van der Waals surface area (Å²) in [6.07, 6.45) is 0.998. The van der Waals surface area contributed by atoms with Gasteiger partial charge in [-0.05, 0) is 31.0 Å². The number of rotatable bonds is 6. The van der Waals surface area contributed by atoms with Gasteiger partial charge in [0.2, 0.25) is 0 Å². The van der Waals surface area contributed by atoms with Crippen molar-refractivity contribution >= 4 is 5.78 Å². The SMILES string of the molecule is CCC(=O)C(C)Oc1ccc(CC)cc1OC. The third-order valence-electron chi connectivity index (χ3n) is 2.74. The van der Waals surface area contributed by atoms with Crippen molar-refractivity contribution in [1.29, 1.82) is 0 Å². The fourth-order valence-corrected chi connectivity index (χ4v) is 1.57. The summed E-state index contributed by atoms with van der Waals surface area (Å²) in [5.74, 6) is 1.39. The van der Waals surface area contributed by atoms with Gasteiger partial charge in [0.15, 0.2) is 23.4 Å². The van der Waals surface area contributed by atoms with Crippen LogP contribution >= 0.6 is 0 Å². The first-order valence-corrected chi connectivity index (χ1v) is 5.98. The predicted octanol–water partition coefficient (Wildman–Crippen LogP) is 3.00. The maximum atomic E-state index is 11.5. The topological polar surface area (TPSA) is 35.5 Å². The number of hydrogen-bond donors (Lipinski definition) is 0. The summed E-state index contributed by atoms with van der Waals surface area (Å²) in [4.78, 5) is 11.5. The van der Waals surface area contributed by atoms with Gasteiger partial charge in [0.1, 0.15) is 0 Å². The Kier molecular flexibility index (Phi) is 5.01. The molecule has 0 spiro atoms. The summed E-state index contributed by atoms with van der Waals surface area (Å²) in [6.45, 7) is 5.68. The van der Waals surface area contributed by atoms with Crippen molar-refractivity contribution in [2.45, 2.75) is 39.7 Å². The predicted molar refractivity (Wildman–Crippen MR) is 67.8 cm³/mol. The van der Waals surface area contributed by atoms with Crippen molar-refractivity contribution in [3.63, 3.8) is 0 Å². The van der Waals surface area contributed by atoms with Gasteiger partial charge >= 0.3 is 0 Å². The molecule has 1 atom stereocenters. The molecule has 17 heavy (non-hydrogen) atoms. The summed E-state index contributed by atoms with van der Waals surface area (Å²) in [5, 5.41) is 0. The van der Waals surface area contributed by atoms with E-state index in [2.05, 4.69) is 6.92 Å². The van der Waals surface area contributed by atoms with Crippen LogP contribution in [0, 0.1) is 0 Å². The van der Waals surface area contributed by atoms with Gasteiger partial charge in [0.05, 0.1) is 7.11 Å². The lowest BCUT2D eigenvalue weighted by Crippen LogP contribution is -2.23. The summed E-state index contributed by atoms with van der Waals surface area (Å²) >= 11 is 0. The lowest BCUT2D eigenvalue weighted by atomic mass is 10.1. The van der Waals surface area contributed by atoms with Crippen molar-refractivity contribution < 1.29 is 14.3 Å². The molecule has 1 rings (SSSR count). The van der Waals surface area contributed by atoms with Crippen LogP contribution in [0.25, 0.3) is 0 Å². The van der Waals surface area contributed by atoms with Gasteiger partial charge in [-0.3, -0.25) is 4.79 Å². The Morgan fingerprint density at radius 1 is 1.29 bits per heavy atom. The highest BCUT2D eigenvalue weighted by atomic mass is 16.5. The minimum absolute atomic E-state index is 0.0895. The molecule has 0 N–H and O–H groups in total. The van der Waals surface area contributed by atoms with Crippen LogP contribution in [0.2, 0.25) is 0 Å². The number of benzene rings is 1. The molecule has 1 unspecified atom stereocenters. The van der Waals surface area contributed by atoms with Gasteiger partial charge in [-0.1, -0.05) is 19.9 Å². The van der Waals surface area contributed by atoms with Crippen LogP contribution in [0.1, 0.15) is 32.8 Å². The molecule has 3 nitrogen and oxygen atoms in total. The summed E-state index contributed by atoms with van der Waals surface area (Å²) < 4.78 is 10.9. The molecule has 0 saturated heterocycles. The lowest BCUT2D eigenvalue weighted by molar-refractivity contribution is -0.124. The molecule has 0 aromatic heterocycles. The number of aryl methyl sites for hydroxylation is 1. The number of ketones is 1. The normalized spacial score (nSPS) is 12.0. The van der Waals surface area contributed by atoms with E-state index < -0.39 is 6.10 Å². The molecule has 0 aliphatic carbocycles. The second-order valence-corrected chi connectivity index (χ2v) is 3.92. The maximum absolute atomic E-state index is 11.5. The smallest absolute Gasteiger partial charge is 0.172 e. The van der Waals surface area contributed by atoms with E-state index in [0.717, 1.165) is 6.42 Å². The number of carbonyl (C=O) groups excluding carboxylic acids is 1. The number of hydrogen-bond acceptors (Lipinski definition) is 3. The van der Waals surface area contributed by atoms with Gasteiger partial charge in [-0.2, -0.15) is 0 Å². The van der Waals surface area contributed by atoms with Crippen molar-refractivity contribution in [2.75, 3.05) is 7.11 Å². The Hall–Kier alpha value is -1.51. The Labute approximate surface area is 103 Å². The minimum Gasteiger partial charge on any atom is -0.493 e. The molecule has 0 amide bonds. The zero-order valence-electron chi connectivity index (χ0n) is 10.9. The zero-order valence-corrected chi connectivity index (χ0v) is 10.9. The van der Waals surface area contributed by atoms with Crippen LogP contribution < -0.4 is 9.47 Å². The van der Waals surface area contributed by atoms with E-state index in [9.17, 15) is 4.79 Å². The number of methoxy groups -OCH3 is 1. The van der Waals surface area contributed by atoms with E-state index in [4.69, 9.17) is 9.47 Å². The van der Waals surface area contributed by atoms with E-state index in [-0.39, 0.29) is 5.78 Å². The second-order valence-electron chi connectivity index (χ2n) is 3.92. The van der Waals surface area contributed by atoms with Crippen molar-refractivity contribution in [2.24, 2.45) is 0 Å². The summed E-state index contributed by atoms with van der Waals surface area (Å²) in [7, 11) is 1.61. The van der Waals surface area contributed by atoms with E-state index in [1.54, 1.807) is 14.0 Å². The number of ether oxygens (including phenoxy) is 2. The molecule has 94 valence electrons. The molecule has 0 aliphatic rings. The molecule has 0 aliphatic heterocycles. The molecule has 0 fully saturated rings. The highest BCUT2D eigenvalue weighted by molar-refractivity contribution is 5.82. The lowest BCUT2D eigenvalue weighted by Gasteiger charge is -2.16. The van der Waals surface area contributed by atoms with Crippen LogP contribution in [-0.2, 0) is 11.2 Å². The zero-order chi connectivity index (χ0) is 12.8. The fraction of sp³-hybridized carbons (Fsp3) is 0.500. The van der Waals surface area contributed by atoms with Gasteiger partial charge in [0.25, 0.3) is 0 Å². The van der Waals surface area contributed by atoms with Gasteiger partial charge in [-0.25, -0.2) is 0 Å². The van der Waals surface area contributed by atoms with Crippen molar-refractivity contribution in [3.05, 3.63) is 23.8 Å². The average molecular weight is 236 g/mol. The molecule has 0 bridgehead atoms. The van der Waals surface area contributed by atoms with Gasteiger partial charge < -0.3 is 9.47 Å². The first kappa shape index (κ1) is 13.6. The fourth-order valence-electron chi connectivity index (χ4n) is 1.57. The Balaban J connectivity index is 2.87. The third-order valence-corrected chi connectivity index (χ3v) is 2.74. The van der Waals surface area contributed by atoms with Gasteiger partial charge in [-0.15, -0.1) is 0 Å². The first-order valence-electron chi connectivity index (χ1n) is 5.98. The molecule has 1 aromatic rings. The third kappa shape index (κ3) is 3.48. The molecule has 1 aromatic carbocycles. The van der Waals surface area contributed by atoms with E-state index in [1.165, 1.54) is 5.56 Å². The maximum Gasteiger partial charge on any atom is 0.172 e. The Bertz CT molecular complexity index is 385. The van der Waals surface area contributed by atoms with Crippen molar-refractivity contribution in [1.82, 2.24) is 0 Å². The largest absolute Gasteiger partial charge is 0.493 e. The van der Waals surface area contributed by atoms with E-state index >= 15 is 0 Å². The molecule has 0 heterocycles. The highest BCUT2D eigenvalue weighted by Gasteiger charge is 2.15. The van der Waals surface area contributed by atoms with Crippen LogP contribution in [0.4, 0.5) is 0 Å². The molecular weight excluding hydrogens is 216 g/mol. The summed E-state index contributed by atoms with van der Waals surface area (Å²) in [6, 6.07) is 5.79. The minimum atomic E-state index is -0.429. The quantitative estimate of drug-likeness (QED) is 0.761. The Morgan fingerprint density at radius 2 is 2.00 bits per heavy atom. The van der Waals surface area contributed by atoms with Gasteiger partial charge in [0, 0.05) is 6.42 Å². The van der Waals surface area contributed by atoms with E-state index in [0.29, 0.717) is 17.9 Å². The van der Waals surface area contributed by atoms with Crippen LogP contribution in [0.5, 0.6) is 11.5 Å². The monoisotopic (exact) mass is 236 g/mol. The standard InChI is InChI=1S/C14H20O3/c1-5-11-7-8-13(14(9-11)16-4)17-10(3)12(15)6-2/h7-10H,5-6H2,1-4H3. The Morgan fingerprint density at radius 3 is 2.53 bits per heavy atom. The molecule has 0 radical (unpaired) electrons. The number of carbonyl (C=O) groups is 1. The van der Waals surface area contributed by atoms with Crippen molar-refractivity contribution in [3.8, 4) is 11.5 Å². The number of Topliss-reactive ketones (excluding diaryl/α,β-unsaturated/α-hetero) is 1. The average Bonchev–Trinajstić information content (AvgIpc) is 2.37. The van der Waals surface area contributed by atoms with Crippen LogP contribution in [0.15, 0.2) is 18.2 Å².